The van der Waals surface area contributed by atoms with Crippen LogP contribution in [0.5, 0.6) is 0 Å². The van der Waals surface area contributed by atoms with Crippen LogP contribution < -0.4 is 10.2 Å². The van der Waals surface area contributed by atoms with Crippen molar-refractivity contribution >= 4 is 39.9 Å². The molecule has 0 amide bonds. The Morgan fingerprint density at radius 3 is 2.68 bits per heavy atom. The number of aromatic nitrogens is 5. The van der Waals surface area contributed by atoms with E-state index >= 15 is 0 Å². The van der Waals surface area contributed by atoms with E-state index in [-0.39, 0.29) is 11.1 Å². The first-order valence-electron chi connectivity index (χ1n) is 9.79. The van der Waals surface area contributed by atoms with E-state index in [1.165, 1.54) is 40.4 Å². The van der Waals surface area contributed by atoms with Gasteiger partial charge in [0.25, 0.3) is 0 Å². The zero-order valence-electron chi connectivity index (χ0n) is 16.5. The third kappa shape index (κ3) is 4.05. The first-order chi connectivity index (χ1) is 15.0. The zero-order chi connectivity index (χ0) is 21.5. The summed E-state index contributed by atoms with van der Waals surface area (Å²) in [5, 5.41) is 8.66. The molecule has 0 saturated carbocycles. The number of fused-ring (bicyclic) bond motifs is 1. The summed E-state index contributed by atoms with van der Waals surface area (Å²) in [5.41, 5.74) is 1.52. The molecular weight excluding hydrogens is 444 g/mol. The first-order valence-corrected chi connectivity index (χ1v) is 10.9. The molecule has 160 valence electrons. The van der Waals surface area contributed by atoms with Gasteiger partial charge in [-0.2, -0.15) is 9.36 Å². The molecule has 1 aromatic carbocycles. The van der Waals surface area contributed by atoms with Crippen LogP contribution in [0.4, 0.5) is 19.9 Å². The van der Waals surface area contributed by atoms with Gasteiger partial charge in [0.2, 0.25) is 11.1 Å². The number of anilines is 2. The van der Waals surface area contributed by atoms with Gasteiger partial charge in [-0.25, -0.2) is 18.3 Å². The monoisotopic (exact) mass is 461 g/mol. The van der Waals surface area contributed by atoms with E-state index in [1.807, 2.05) is 6.92 Å². The second-order valence-corrected chi connectivity index (χ2v) is 8.57. The van der Waals surface area contributed by atoms with Gasteiger partial charge in [0.05, 0.1) is 11.2 Å². The van der Waals surface area contributed by atoms with Crippen molar-refractivity contribution in [2.45, 2.75) is 25.8 Å². The topological polar surface area (TPSA) is 71.2 Å². The predicted molar refractivity (Wildman–Crippen MR) is 117 cm³/mol. The lowest BCUT2D eigenvalue weighted by Gasteiger charge is -2.31. The molecule has 0 radical (unpaired) electrons. The third-order valence-electron chi connectivity index (χ3n) is 5.25. The Kier molecular flexibility index (Phi) is 5.19. The van der Waals surface area contributed by atoms with Crippen LogP contribution in [0, 0.1) is 18.6 Å². The van der Waals surface area contributed by atoms with E-state index in [1.54, 1.807) is 6.07 Å². The van der Waals surface area contributed by atoms with Crippen LogP contribution in [0.3, 0.4) is 0 Å². The second kappa shape index (κ2) is 8.01. The van der Waals surface area contributed by atoms with Gasteiger partial charge in [-0.05, 0) is 43.5 Å². The number of hydrogen-bond donors (Lipinski definition) is 1. The summed E-state index contributed by atoms with van der Waals surface area (Å²) >= 11 is 7.33. The summed E-state index contributed by atoms with van der Waals surface area (Å²) in [6.07, 6.45) is 3.05. The molecule has 3 aromatic heterocycles. The molecule has 5 rings (SSSR count). The summed E-state index contributed by atoms with van der Waals surface area (Å²) in [7, 11) is 0. The molecule has 0 spiro atoms. The van der Waals surface area contributed by atoms with Crippen LogP contribution in [0.25, 0.3) is 16.8 Å². The Morgan fingerprint density at radius 1 is 1.16 bits per heavy atom. The molecule has 31 heavy (non-hydrogen) atoms. The molecule has 11 heteroatoms. The fraction of sp³-hybridized carbons (Fsp3) is 0.300. The van der Waals surface area contributed by atoms with E-state index < -0.39 is 11.6 Å². The number of aryl methyl sites for hydroxylation is 1. The number of nitrogens with zero attached hydrogens (tertiary/aromatic N) is 6. The summed E-state index contributed by atoms with van der Waals surface area (Å²) in [6, 6.07) is 5.79. The van der Waals surface area contributed by atoms with Crippen molar-refractivity contribution in [1.82, 2.24) is 24.0 Å². The molecule has 4 aromatic rings. The lowest BCUT2D eigenvalue weighted by atomic mass is 10.1. The van der Waals surface area contributed by atoms with Crippen molar-refractivity contribution in [2.75, 3.05) is 23.3 Å². The summed E-state index contributed by atoms with van der Waals surface area (Å²) in [6.45, 7) is 3.60. The number of piperidine rings is 1. The van der Waals surface area contributed by atoms with Gasteiger partial charge < -0.3 is 10.2 Å². The van der Waals surface area contributed by atoms with Crippen LogP contribution in [-0.4, -0.2) is 43.1 Å². The quantitative estimate of drug-likeness (QED) is 0.480. The van der Waals surface area contributed by atoms with Gasteiger partial charge in [0, 0.05) is 36.2 Å². The van der Waals surface area contributed by atoms with E-state index in [9.17, 15) is 8.78 Å². The summed E-state index contributed by atoms with van der Waals surface area (Å²) in [5.74, 6) is 0.210. The summed E-state index contributed by atoms with van der Waals surface area (Å²) < 4.78 is 33.4. The molecule has 1 saturated heterocycles. The standard InChI is InChI=1S/C20H18ClF2N7S/c1-11-24-20(31-28-11)29-6-4-14(5-7-29)25-19-26-18-15(9-13(22)10-30(18)27-19)12-2-3-17(23)16(21)8-12/h2-3,8-10,14H,4-7H2,1H3,(H,25,27). The van der Waals surface area contributed by atoms with Crippen molar-refractivity contribution in [3.8, 4) is 11.1 Å². The smallest absolute Gasteiger partial charge is 0.243 e. The highest BCUT2D eigenvalue weighted by molar-refractivity contribution is 7.09. The average Bonchev–Trinajstić information content (AvgIpc) is 3.36. The van der Waals surface area contributed by atoms with E-state index in [2.05, 4.69) is 29.7 Å². The minimum atomic E-state index is -0.531. The highest BCUT2D eigenvalue weighted by Gasteiger charge is 2.23. The van der Waals surface area contributed by atoms with Gasteiger partial charge >= 0.3 is 0 Å². The lowest BCUT2D eigenvalue weighted by molar-refractivity contribution is 0.523. The fourth-order valence-corrected chi connectivity index (χ4v) is 4.61. The van der Waals surface area contributed by atoms with Crippen LogP contribution in [0.15, 0.2) is 30.5 Å². The molecule has 1 aliphatic heterocycles. The normalized spacial score (nSPS) is 15.0. The molecule has 1 N–H and O–H groups in total. The molecule has 7 nitrogen and oxygen atoms in total. The fourth-order valence-electron chi connectivity index (χ4n) is 3.70. The Morgan fingerprint density at radius 2 is 1.97 bits per heavy atom. The number of rotatable bonds is 4. The maximum Gasteiger partial charge on any atom is 0.243 e. The van der Waals surface area contributed by atoms with Gasteiger partial charge in [0.15, 0.2) is 5.65 Å². The minimum Gasteiger partial charge on any atom is -0.350 e. The Balaban J connectivity index is 1.36. The van der Waals surface area contributed by atoms with Gasteiger partial charge in [-0.3, -0.25) is 0 Å². The molecule has 0 aliphatic carbocycles. The van der Waals surface area contributed by atoms with Crippen molar-refractivity contribution in [1.29, 1.82) is 0 Å². The van der Waals surface area contributed by atoms with Crippen LogP contribution in [0.2, 0.25) is 5.02 Å². The minimum absolute atomic E-state index is 0.0323. The molecular formula is C20H18ClF2N7S. The number of pyridine rings is 1. The Bertz CT molecular complexity index is 1250. The van der Waals surface area contributed by atoms with Gasteiger partial charge in [0.1, 0.15) is 17.5 Å². The predicted octanol–water partition coefficient (Wildman–Crippen LogP) is 4.57. The molecule has 1 aliphatic rings. The maximum atomic E-state index is 14.2. The largest absolute Gasteiger partial charge is 0.350 e. The Hall–Kier alpha value is -2.85. The first kappa shape index (κ1) is 20.1. The van der Waals surface area contributed by atoms with Crippen molar-refractivity contribution < 1.29 is 8.78 Å². The number of halogens is 3. The number of hydrogen-bond acceptors (Lipinski definition) is 7. The van der Waals surface area contributed by atoms with Crippen molar-refractivity contribution in [3.63, 3.8) is 0 Å². The van der Waals surface area contributed by atoms with Crippen LogP contribution >= 0.6 is 23.1 Å². The lowest BCUT2D eigenvalue weighted by Crippen LogP contribution is -2.39. The second-order valence-electron chi connectivity index (χ2n) is 7.43. The van der Waals surface area contributed by atoms with Gasteiger partial charge in [-0.1, -0.05) is 17.7 Å². The van der Waals surface area contributed by atoms with Crippen molar-refractivity contribution in [3.05, 3.63) is 52.9 Å². The maximum absolute atomic E-state index is 14.2. The molecule has 0 atom stereocenters. The van der Waals surface area contributed by atoms with E-state index in [0.29, 0.717) is 22.7 Å². The molecule has 0 bridgehead atoms. The SMILES string of the molecule is Cc1nsc(N2CCC(Nc3nc4c(-c5ccc(F)c(Cl)c5)cc(F)cn4n3)CC2)n1. The van der Waals surface area contributed by atoms with Gasteiger partial charge in [-0.15, -0.1) is 5.10 Å². The number of benzene rings is 1. The highest BCUT2D eigenvalue weighted by atomic mass is 35.5. The number of nitrogens with one attached hydrogen (secondary N) is 1. The summed E-state index contributed by atoms with van der Waals surface area (Å²) in [4.78, 5) is 11.2. The van der Waals surface area contributed by atoms with E-state index in [4.69, 9.17) is 11.6 Å². The Labute approximate surface area is 185 Å². The molecule has 0 unspecified atom stereocenters. The average molecular weight is 462 g/mol. The zero-order valence-corrected chi connectivity index (χ0v) is 18.1. The highest BCUT2D eigenvalue weighted by Crippen LogP contribution is 2.29. The third-order valence-corrected chi connectivity index (χ3v) is 6.40. The van der Waals surface area contributed by atoms with Crippen molar-refractivity contribution in [2.24, 2.45) is 0 Å². The van der Waals surface area contributed by atoms with E-state index in [0.717, 1.165) is 36.9 Å². The molecule has 4 heterocycles. The van der Waals surface area contributed by atoms with Crippen LogP contribution in [-0.2, 0) is 0 Å². The molecule has 1 fully saturated rings. The van der Waals surface area contributed by atoms with Crippen LogP contribution in [0.1, 0.15) is 18.7 Å².